The van der Waals surface area contributed by atoms with Crippen molar-refractivity contribution >= 4 is 5.69 Å². The van der Waals surface area contributed by atoms with E-state index in [0.717, 1.165) is 25.3 Å². The second kappa shape index (κ2) is 4.46. The minimum absolute atomic E-state index is 0.518. The smallest absolute Gasteiger partial charge is 0.0953 e. The molecule has 0 saturated carbocycles. The molecule has 0 spiro atoms. The van der Waals surface area contributed by atoms with Crippen LogP contribution in [0.3, 0.4) is 0 Å². The van der Waals surface area contributed by atoms with Gasteiger partial charge >= 0.3 is 0 Å². The number of rotatable bonds is 2. The van der Waals surface area contributed by atoms with Crippen molar-refractivity contribution in [1.29, 1.82) is 0 Å². The number of hydrogen-bond acceptors (Lipinski definition) is 3. The van der Waals surface area contributed by atoms with E-state index in [2.05, 4.69) is 45.6 Å². The van der Waals surface area contributed by atoms with Gasteiger partial charge in [0.15, 0.2) is 0 Å². The highest BCUT2D eigenvalue weighted by molar-refractivity contribution is 5.53. The highest BCUT2D eigenvalue weighted by Crippen LogP contribution is 2.25. The molecule has 0 amide bonds. The number of benzene rings is 1. The first-order valence-corrected chi connectivity index (χ1v) is 6.33. The first-order valence-electron chi connectivity index (χ1n) is 6.33. The van der Waals surface area contributed by atoms with E-state index in [4.69, 9.17) is 5.73 Å². The van der Waals surface area contributed by atoms with Gasteiger partial charge in [-0.05, 0) is 18.6 Å². The molecule has 0 bridgehead atoms. The van der Waals surface area contributed by atoms with E-state index in [9.17, 15) is 0 Å². The molecule has 2 N–H and O–H groups in total. The van der Waals surface area contributed by atoms with E-state index in [1.54, 1.807) is 0 Å². The zero-order valence-electron chi connectivity index (χ0n) is 10.6. The lowest BCUT2D eigenvalue weighted by atomic mass is 10.1. The number of imidazole rings is 1. The van der Waals surface area contributed by atoms with Gasteiger partial charge in [-0.3, -0.25) is 0 Å². The SMILES string of the molecule is Cc1ccccc1N1CCn2cnc(CN)c2C1. The van der Waals surface area contributed by atoms with Gasteiger partial charge in [-0.1, -0.05) is 18.2 Å². The summed E-state index contributed by atoms with van der Waals surface area (Å²) in [5.41, 5.74) is 10.6. The van der Waals surface area contributed by atoms with E-state index in [1.165, 1.54) is 16.9 Å². The Morgan fingerprint density at radius 2 is 2.11 bits per heavy atom. The third-order valence-corrected chi connectivity index (χ3v) is 3.63. The van der Waals surface area contributed by atoms with Crippen LogP contribution < -0.4 is 10.6 Å². The summed E-state index contributed by atoms with van der Waals surface area (Å²) in [6.07, 6.45) is 1.91. The third-order valence-electron chi connectivity index (χ3n) is 3.63. The Morgan fingerprint density at radius 3 is 2.89 bits per heavy atom. The van der Waals surface area contributed by atoms with Crippen LogP contribution in [0.2, 0.25) is 0 Å². The Morgan fingerprint density at radius 1 is 1.28 bits per heavy atom. The Labute approximate surface area is 107 Å². The van der Waals surface area contributed by atoms with Crippen LogP contribution in [-0.4, -0.2) is 16.1 Å². The molecular formula is C14H18N4. The lowest BCUT2D eigenvalue weighted by molar-refractivity contribution is 0.567. The zero-order chi connectivity index (χ0) is 12.5. The Balaban J connectivity index is 1.93. The molecule has 1 aliphatic rings. The predicted octanol–water partition coefficient (Wildman–Crippen LogP) is 1.67. The van der Waals surface area contributed by atoms with Crippen LogP contribution in [0.1, 0.15) is 17.0 Å². The molecule has 18 heavy (non-hydrogen) atoms. The lowest BCUT2D eigenvalue weighted by Crippen LogP contribution is -2.34. The van der Waals surface area contributed by atoms with Gasteiger partial charge in [0.05, 0.1) is 24.3 Å². The van der Waals surface area contributed by atoms with Crippen molar-refractivity contribution in [3.05, 3.63) is 47.5 Å². The minimum atomic E-state index is 0.518. The molecule has 1 aliphatic heterocycles. The third kappa shape index (κ3) is 1.78. The molecule has 1 aromatic heterocycles. The van der Waals surface area contributed by atoms with Crippen LogP contribution in [0.4, 0.5) is 5.69 Å². The molecule has 0 radical (unpaired) electrons. The Bertz CT molecular complexity index is 545. The lowest BCUT2D eigenvalue weighted by Gasteiger charge is -2.31. The van der Waals surface area contributed by atoms with Crippen molar-refractivity contribution in [3.8, 4) is 0 Å². The number of hydrogen-bond donors (Lipinski definition) is 1. The summed E-state index contributed by atoms with van der Waals surface area (Å²) in [7, 11) is 0. The molecule has 0 aliphatic carbocycles. The maximum atomic E-state index is 5.74. The summed E-state index contributed by atoms with van der Waals surface area (Å²) >= 11 is 0. The fraction of sp³-hybridized carbons (Fsp3) is 0.357. The fourth-order valence-electron chi connectivity index (χ4n) is 2.61. The molecule has 1 aromatic carbocycles. The van der Waals surface area contributed by atoms with Crippen LogP contribution >= 0.6 is 0 Å². The van der Waals surface area contributed by atoms with Crippen LogP contribution in [-0.2, 0) is 19.6 Å². The normalized spacial score (nSPS) is 14.7. The standard InChI is InChI=1S/C14H18N4/c1-11-4-2-3-5-13(11)17-6-7-18-10-16-12(8-15)14(18)9-17/h2-5,10H,6-9,15H2,1H3. The molecule has 0 atom stereocenters. The van der Waals surface area contributed by atoms with Crippen molar-refractivity contribution in [2.75, 3.05) is 11.4 Å². The summed E-state index contributed by atoms with van der Waals surface area (Å²) in [4.78, 5) is 6.79. The van der Waals surface area contributed by atoms with Gasteiger partial charge < -0.3 is 15.2 Å². The molecule has 0 unspecified atom stereocenters. The summed E-state index contributed by atoms with van der Waals surface area (Å²) in [5, 5.41) is 0. The number of fused-ring (bicyclic) bond motifs is 1. The van der Waals surface area contributed by atoms with Gasteiger partial charge in [-0.25, -0.2) is 4.98 Å². The summed E-state index contributed by atoms with van der Waals surface area (Å²) in [6.45, 7) is 5.58. The van der Waals surface area contributed by atoms with Gasteiger partial charge in [0.1, 0.15) is 0 Å². The monoisotopic (exact) mass is 242 g/mol. The molecule has 3 rings (SSSR count). The van der Waals surface area contributed by atoms with E-state index in [-0.39, 0.29) is 0 Å². The van der Waals surface area contributed by atoms with E-state index >= 15 is 0 Å². The van der Waals surface area contributed by atoms with Gasteiger partial charge in [-0.15, -0.1) is 0 Å². The number of aryl methyl sites for hydroxylation is 1. The molecule has 4 nitrogen and oxygen atoms in total. The maximum absolute atomic E-state index is 5.74. The van der Waals surface area contributed by atoms with Crippen LogP contribution in [0.25, 0.3) is 0 Å². The van der Waals surface area contributed by atoms with E-state index in [1.807, 2.05) is 6.33 Å². The largest absolute Gasteiger partial charge is 0.364 e. The highest BCUT2D eigenvalue weighted by atomic mass is 15.2. The van der Waals surface area contributed by atoms with Crippen molar-refractivity contribution in [3.63, 3.8) is 0 Å². The first kappa shape index (κ1) is 11.3. The highest BCUT2D eigenvalue weighted by Gasteiger charge is 2.20. The molecule has 0 fully saturated rings. The Kier molecular flexibility index (Phi) is 2.80. The van der Waals surface area contributed by atoms with Gasteiger partial charge in [-0.2, -0.15) is 0 Å². The molecule has 2 aromatic rings. The number of aromatic nitrogens is 2. The summed E-state index contributed by atoms with van der Waals surface area (Å²) in [5.74, 6) is 0. The van der Waals surface area contributed by atoms with Crippen LogP contribution in [0.5, 0.6) is 0 Å². The number of nitrogens with two attached hydrogens (primary N) is 1. The molecular weight excluding hydrogens is 224 g/mol. The van der Waals surface area contributed by atoms with E-state index < -0.39 is 0 Å². The van der Waals surface area contributed by atoms with Crippen molar-refractivity contribution in [2.24, 2.45) is 5.73 Å². The maximum Gasteiger partial charge on any atom is 0.0953 e. The van der Waals surface area contributed by atoms with Crippen LogP contribution in [0, 0.1) is 6.92 Å². The van der Waals surface area contributed by atoms with Crippen molar-refractivity contribution < 1.29 is 0 Å². The van der Waals surface area contributed by atoms with E-state index in [0.29, 0.717) is 6.54 Å². The number of anilines is 1. The van der Waals surface area contributed by atoms with Gasteiger partial charge in [0.2, 0.25) is 0 Å². The quantitative estimate of drug-likeness (QED) is 0.871. The molecule has 94 valence electrons. The number of para-hydroxylation sites is 1. The second-order valence-electron chi connectivity index (χ2n) is 4.74. The molecule has 4 heteroatoms. The first-order chi connectivity index (χ1) is 8.79. The average molecular weight is 242 g/mol. The Hall–Kier alpha value is -1.81. The average Bonchev–Trinajstić information content (AvgIpc) is 2.81. The van der Waals surface area contributed by atoms with Gasteiger partial charge in [0.25, 0.3) is 0 Å². The fourth-order valence-corrected chi connectivity index (χ4v) is 2.61. The number of nitrogens with zero attached hydrogens (tertiary/aromatic N) is 3. The minimum Gasteiger partial charge on any atom is -0.364 e. The predicted molar refractivity (Wildman–Crippen MR) is 72.3 cm³/mol. The molecule has 0 saturated heterocycles. The summed E-state index contributed by atoms with van der Waals surface area (Å²) < 4.78 is 2.22. The second-order valence-corrected chi connectivity index (χ2v) is 4.74. The topological polar surface area (TPSA) is 47.1 Å². The summed E-state index contributed by atoms with van der Waals surface area (Å²) in [6, 6.07) is 8.52. The zero-order valence-corrected chi connectivity index (χ0v) is 10.6. The van der Waals surface area contributed by atoms with Crippen LogP contribution in [0.15, 0.2) is 30.6 Å². The molecule has 2 heterocycles. The van der Waals surface area contributed by atoms with Gasteiger partial charge in [0, 0.05) is 25.3 Å². The van der Waals surface area contributed by atoms with Crippen molar-refractivity contribution in [2.45, 2.75) is 26.6 Å². The van der Waals surface area contributed by atoms with Crippen molar-refractivity contribution in [1.82, 2.24) is 9.55 Å².